The number of aromatic nitrogens is 1. The van der Waals surface area contributed by atoms with Gasteiger partial charge in [0.15, 0.2) is 5.69 Å². The zero-order valence-corrected chi connectivity index (χ0v) is 8.93. The normalized spacial score (nSPS) is 10.1. The molecule has 1 aromatic rings. The van der Waals surface area contributed by atoms with E-state index in [0.717, 1.165) is 19.3 Å². The standard InChI is InChI=1S/C11H15NO4/c13-7-2-1-3-8-16-10-6-4-5-9(12-10)11(14)15/h4-6,13H,1-3,7-8H2,(H,14,15). The zero-order chi connectivity index (χ0) is 11.8. The van der Waals surface area contributed by atoms with Crippen molar-refractivity contribution in [1.29, 1.82) is 0 Å². The first-order chi connectivity index (χ1) is 7.74. The van der Waals surface area contributed by atoms with Crippen molar-refractivity contribution in [2.75, 3.05) is 13.2 Å². The number of aliphatic hydroxyl groups is 1. The number of hydrogen-bond acceptors (Lipinski definition) is 4. The van der Waals surface area contributed by atoms with Crippen molar-refractivity contribution in [3.63, 3.8) is 0 Å². The highest BCUT2D eigenvalue weighted by Crippen LogP contribution is 2.08. The van der Waals surface area contributed by atoms with Gasteiger partial charge in [-0.1, -0.05) is 6.07 Å². The van der Waals surface area contributed by atoms with E-state index in [1.165, 1.54) is 6.07 Å². The molecule has 1 heterocycles. The van der Waals surface area contributed by atoms with Gasteiger partial charge in [-0.3, -0.25) is 0 Å². The fourth-order valence-electron chi connectivity index (χ4n) is 1.18. The summed E-state index contributed by atoms with van der Waals surface area (Å²) in [5, 5.41) is 17.3. The van der Waals surface area contributed by atoms with Gasteiger partial charge in [0, 0.05) is 12.7 Å². The first-order valence-corrected chi connectivity index (χ1v) is 5.18. The number of ether oxygens (including phenoxy) is 1. The molecule has 16 heavy (non-hydrogen) atoms. The first-order valence-electron chi connectivity index (χ1n) is 5.18. The third kappa shape index (κ3) is 4.27. The van der Waals surface area contributed by atoms with Crippen molar-refractivity contribution >= 4 is 5.97 Å². The molecule has 0 aromatic carbocycles. The van der Waals surface area contributed by atoms with Crippen LogP contribution in [0.3, 0.4) is 0 Å². The Balaban J connectivity index is 2.36. The van der Waals surface area contributed by atoms with E-state index in [-0.39, 0.29) is 12.3 Å². The summed E-state index contributed by atoms with van der Waals surface area (Å²) in [5.41, 5.74) is -0.0205. The Morgan fingerprint density at radius 2 is 2.12 bits per heavy atom. The van der Waals surface area contributed by atoms with Crippen molar-refractivity contribution in [2.45, 2.75) is 19.3 Å². The highest BCUT2D eigenvalue weighted by atomic mass is 16.5. The molecule has 0 amide bonds. The van der Waals surface area contributed by atoms with Gasteiger partial charge in [-0.05, 0) is 25.3 Å². The average molecular weight is 225 g/mol. The quantitative estimate of drug-likeness (QED) is 0.684. The lowest BCUT2D eigenvalue weighted by molar-refractivity contribution is 0.0689. The molecule has 0 aliphatic rings. The molecule has 0 radical (unpaired) electrons. The molecule has 5 heteroatoms. The number of hydrogen-bond donors (Lipinski definition) is 2. The molecule has 0 saturated heterocycles. The van der Waals surface area contributed by atoms with Gasteiger partial charge in [0.1, 0.15) is 0 Å². The van der Waals surface area contributed by atoms with E-state index in [9.17, 15) is 4.79 Å². The van der Waals surface area contributed by atoms with Crippen LogP contribution in [-0.4, -0.2) is 34.4 Å². The van der Waals surface area contributed by atoms with Gasteiger partial charge < -0.3 is 14.9 Å². The van der Waals surface area contributed by atoms with Crippen LogP contribution in [0.5, 0.6) is 5.88 Å². The molecular formula is C11H15NO4. The molecule has 0 fully saturated rings. The van der Waals surface area contributed by atoms with Gasteiger partial charge in [0.25, 0.3) is 0 Å². The Morgan fingerprint density at radius 1 is 1.31 bits per heavy atom. The van der Waals surface area contributed by atoms with E-state index < -0.39 is 5.97 Å². The van der Waals surface area contributed by atoms with Gasteiger partial charge >= 0.3 is 5.97 Å². The number of aliphatic hydroxyl groups excluding tert-OH is 1. The summed E-state index contributed by atoms with van der Waals surface area (Å²) in [5.74, 6) is -0.741. The minimum atomic E-state index is -1.06. The molecule has 5 nitrogen and oxygen atoms in total. The number of unbranched alkanes of at least 4 members (excludes halogenated alkanes) is 2. The van der Waals surface area contributed by atoms with Gasteiger partial charge in [-0.25, -0.2) is 9.78 Å². The second-order valence-corrected chi connectivity index (χ2v) is 3.30. The van der Waals surface area contributed by atoms with Crippen LogP contribution in [0, 0.1) is 0 Å². The van der Waals surface area contributed by atoms with E-state index >= 15 is 0 Å². The fourth-order valence-corrected chi connectivity index (χ4v) is 1.18. The van der Waals surface area contributed by atoms with Crippen LogP contribution in [-0.2, 0) is 0 Å². The molecule has 0 bridgehead atoms. The molecule has 0 unspecified atom stereocenters. The number of aromatic carboxylic acids is 1. The van der Waals surface area contributed by atoms with E-state index in [4.69, 9.17) is 14.9 Å². The van der Waals surface area contributed by atoms with Crippen molar-refractivity contribution in [3.05, 3.63) is 23.9 Å². The second kappa shape index (κ2) is 6.79. The minimum Gasteiger partial charge on any atom is -0.478 e. The second-order valence-electron chi connectivity index (χ2n) is 3.30. The summed E-state index contributed by atoms with van der Waals surface area (Å²) in [7, 11) is 0. The number of carboxylic acids is 1. The molecule has 1 aromatic heterocycles. The molecule has 0 atom stereocenters. The topological polar surface area (TPSA) is 79.7 Å². The van der Waals surface area contributed by atoms with Crippen LogP contribution < -0.4 is 4.74 Å². The number of pyridine rings is 1. The van der Waals surface area contributed by atoms with Gasteiger partial charge in [-0.15, -0.1) is 0 Å². The highest BCUT2D eigenvalue weighted by molar-refractivity contribution is 5.85. The molecule has 88 valence electrons. The van der Waals surface area contributed by atoms with Crippen LogP contribution in [0.15, 0.2) is 18.2 Å². The highest BCUT2D eigenvalue weighted by Gasteiger charge is 2.05. The lowest BCUT2D eigenvalue weighted by Crippen LogP contribution is -2.04. The maximum Gasteiger partial charge on any atom is 0.354 e. The average Bonchev–Trinajstić information content (AvgIpc) is 2.29. The predicted octanol–water partition coefficient (Wildman–Crippen LogP) is 1.32. The van der Waals surface area contributed by atoms with Crippen LogP contribution in [0.25, 0.3) is 0 Å². The minimum absolute atomic E-state index is 0.0205. The zero-order valence-electron chi connectivity index (χ0n) is 8.93. The maximum absolute atomic E-state index is 10.6. The van der Waals surface area contributed by atoms with Crippen LogP contribution >= 0.6 is 0 Å². The summed E-state index contributed by atoms with van der Waals surface area (Å²) >= 11 is 0. The van der Waals surface area contributed by atoms with E-state index in [0.29, 0.717) is 12.5 Å². The summed E-state index contributed by atoms with van der Waals surface area (Å²) in [6.07, 6.45) is 2.46. The van der Waals surface area contributed by atoms with Crippen LogP contribution in [0.2, 0.25) is 0 Å². The Morgan fingerprint density at radius 3 is 2.81 bits per heavy atom. The summed E-state index contributed by atoms with van der Waals surface area (Å²) in [6, 6.07) is 4.64. The number of rotatable bonds is 7. The molecule has 0 spiro atoms. The van der Waals surface area contributed by atoms with Crippen molar-refractivity contribution in [1.82, 2.24) is 4.98 Å². The number of carbonyl (C=O) groups is 1. The fraction of sp³-hybridized carbons (Fsp3) is 0.455. The monoisotopic (exact) mass is 225 g/mol. The first kappa shape index (κ1) is 12.4. The molecular weight excluding hydrogens is 210 g/mol. The summed E-state index contributed by atoms with van der Waals surface area (Å²) < 4.78 is 5.29. The van der Waals surface area contributed by atoms with E-state index in [1.54, 1.807) is 12.1 Å². The molecule has 0 saturated carbocycles. The largest absolute Gasteiger partial charge is 0.478 e. The van der Waals surface area contributed by atoms with E-state index in [2.05, 4.69) is 4.98 Å². The molecule has 0 aliphatic heterocycles. The van der Waals surface area contributed by atoms with Crippen molar-refractivity contribution in [3.8, 4) is 5.88 Å². The Hall–Kier alpha value is -1.62. The van der Waals surface area contributed by atoms with Gasteiger partial charge in [0.05, 0.1) is 6.61 Å². The number of nitrogens with zero attached hydrogens (tertiary/aromatic N) is 1. The van der Waals surface area contributed by atoms with E-state index in [1.807, 2.05) is 0 Å². The summed E-state index contributed by atoms with van der Waals surface area (Å²) in [6.45, 7) is 0.669. The SMILES string of the molecule is O=C(O)c1cccc(OCCCCCO)n1. The van der Waals surface area contributed by atoms with Crippen LogP contribution in [0.1, 0.15) is 29.8 Å². The molecule has 2 N–H and O–H groups in total. The number of carboxylic acid groups (broad SMARTS) is 1. The maximum atomic E-state index is 10.6. The lowest BCUT2D eigenvalue weighted by atomic mass is 10.2. The third-order valence-corrected chi connectivity index (χ3v) is 2.00. The summed E-state index contributed by atoms with van der Waals surface area (Å²) in [4.78, 5) is 14.4. The van der Waals surface area contributed by atoms with Crippen molar-refractivity contribution < 1.29 is 19.7 Å². The van der Waals surface area contributed by atoms with Gasteiger partial charge in [-0.2, -0.15) is 0 Å². The molecule has 1 rings (SSSR count). The predicted molar refractivity (Wildman–Crippen MR) is 57.6 cm³/mol. The Labute approximate surface area is 93.7 Å². The Kier molecular flexibility index (Phi) is 5.28. The van der Waals surface area contributed by atoms with Crippen molar-refractivity contribution in [2.24, 2.45) is 0 Å². The molecule has 0 aliphatic carbocycles. The smallest absolute Gasteiger partial charge is 0.354 e. The Bertz CT molecular complexity index is 341. The third-order valence-electron chi connectivity index (χ3n) is 2.00. The lowest BCUT2D eigenvalue weighted by Gasteiger charge is -2.05. The van der Waals surface area contributed by atoms with Crippen LogP contribution in [0.4, 0.5) is 0 Å². The van der Waals surface area contributed by atoms with Gasteiger partial charge in [0.2, 0.25) is 5.88 Å².